The Morgan fingerprint density at radius 2 is 1.96 bits per heavy atom. The fraction of sp³-hybridized carbons (Fsp3) is 0.500. The fourth-order valence-corrected chi connectivity index (χ4v) is 2.96. The van der Waals surface area contributed by atoms with Crippen LogP contribution in [0.15, 0.2) is 24.3 Å². The molecule has 0 aliphatic rings. The lowest BCUT2D eigenvalue weighted by Gasteiger charge is -2.17. The molecule has 0 aliphatic carbocycles. The van der Waals surface area contributed by atoms with Crippen LogP contribution in [-0.2, 0) is 13.0 Å². The Kier molecular flexibility index (Phi) is 7.90. The van der Waals surface area contributed by atoms with Crippen molar-refractivity contribution in [1.29, 1.82) is 0 Å². The minimum Gasteiger partial charge on any atom is -0.493 e. The van der Waals surface area contributed by atoms with Gasteiger partial charge in [-0.05, 0) is 43.5 Å². The maximum atomic E-state index is 9.05. The molecule has 2 N–H and O–H groups in total. The number of terminal acetylenes is 1. The van der Waals surface area contributed by atoms with Gasteiger partial charge in [-0.3, -0.25) is 4.68 Å². The first-order valence-electron chi connectivity index (χ1n) is 9.58. The Balaban J connectivity index is 2.20. The summed E-state index contributed by atoms with van der Waals surface area (Å²) in [4.78, 5) is 0. The Morgan fingerprint density at radius 1 is 1.22 bits per heavy atom. The van der Waals surface area contributed by atoms with E-state index in [0.717, 1.165) is 41.1 Å². The predicted octanol–water partition coefficient (Wildman–Crippen LogP) is 3.28. The van der Waals surface area contributed by atoms with Crippen LogP contribution in [0.4, 0.5) is 0 Å². The summed E-state index contributed by atoms with van der Waals surface area (Å²) in [5, 5.41) is 22.7. The van der Waals surface area contributed by atoms with Crippen molar-refractivity contribution < 1.29 is 14.9 Å². The van der Waals surface area contributed by atoms with Gasteiger partial charge in [0.15, 0.2) is 6.29 Å². The van der Waals surface area contributed by atoms with Gasteiger partial charge in [-0.2, -0.15) is 5.10 Å². The van der Waals surface area contributed by atoms with Gasteiger partial charge < -0.3 is 14.9 Å². The number of ether oxygens (including phenoxy) is 1. The van der Waals surface area contributed by atoms with Crippen molar-refractivity contribution in [1.82, 2.24) is 9.78 Å². The molecule has 0 amide bonds. The van der Waals surface area contributed by atoms with E-state index in [9.17, 15) is 0 Å². The monoisotopic (exact) mass is 370 g/mol. The first-order valence-corrected chi connectivity index (χ1v) is 9.58. The number of nitrogens with zero attached hydrogens (tertiary/aromatic N) is 2. The quantitative estimate of drug-likeness (QED) is 0.497. The molecule has 5 nitrogen and oxygen atoms in total. The van der Waals surface area contributed by atoms with Gasteiger partial charge in [0.25, 0.3) is 0 Å². The van der Waals surface area contributed by atoms with Gasteiger partial charge in [0.1, 0.15) is 5.75 Å². The zero-order valence-electron chi connectivity index (χ0n) is 16.5. The molecule has 0 atom stereocenters. The summed E-state index contributed by atoms with van der Waals surface area (Å²) >= 11 is 0. The van der Waals surface area contributed by atoms with E-state index in [1.807, 2.05) is 35.9 Å². The zero-order valence-corrected chi connectivity index (χ0v) is 16.5. The Labute approximate surface area is 162 Å². The summed E-state index contributed by atoms with van der Waals surface area (Å²) in [5.41, 5.74) is 3.66. The Bertz CT molecular complexity index is 770. The van der Waals surface area contributed by atoms with Crippen LogP contribution < -0.4 is 4.74 Å². The number of aliphatic hydroxyl groups excluding tert-OH is 1. The Hall–Kier alpha value is -2.29. The van der Waals surface area contributed by atoms with Crippen LogP contribution in [-0.4, -0.2) is 32.9 Å². The van der Waals surface area contributed by atoms with Crippen molar-refractivity contribution in [2.24, 2.45) is 5.92 Å². The van der Waals surface area contributed by atoms with Crippen molar-refractivity contribution in [2.45, 2.75) is 59.3 Å². The van der Waals surface area contributed by atoms with Crippen molar-refractivity contribution in [3.8, 4) is 18.1 Å². The highest BCUT2D eigenvalue weighted by Crippen LogP contribution is 2.23. The molecule has 2 aromatic rings. The van der Waals surface area contributed by atoms with Gasteiger partial charge in [0.2, 0.25) is 0 Å². The molecule has 2 rings (SSSR count). The van der Waals surface area contributed by atoms with Crippen molar-refractivity contribution in [2.75, 3.05) is 6.61 Å². The van der Waals surface area contributed by atoms with Crippen LogP contribution >= 0.6 is 0 Å². The van der Waals surface area contributed by atoms with Crippen LogP contribution in [0.2, 0.25) is 0 Å². The summed E-state index contributed by atoms with van der Waals surface area (Å²) in [6.07, 6.45) is 7.23. The molecule has 0 aliphatic heterocycles. The number of aryl methyl sites for hydroxylation is 2. The molecular weight excluding hydrogens is 340 g/mol. The molecule has 0 saturated carbocycles. The first kappa shape index (κ1) is 21.0. The van der Waals surface area contributed by atoms with E-state index in [2.05, 4.69) is 24.9 Å². The average Bonchev–Trinajstić information content (AvgIpc) is 3.01. The second-order valence-electron chi connectivity index (χ2n) is 6.91. The molecule has 1 aromatic carbocycles. The van der Waals surface area contributed by atoms with Gasteiger partial charge in [-0.25, -0.2) is 0 Å². The second kappa shape index (κ2) is 10.1. The van der Waals surface area contributed by atoms with E-state index in [1.54, 1.807) is 0 Å². The van der Waals surface area contributed by atoms with Gasteiger partial charge in [0.05, 0.1) is 18.8 Å². The van der Waals surface area contributed by atoms with E-state index in [4.69, 9.17) is 21.4 Å². The van der Waals surface area contributed by atoms with Crippen LogP contribution in [0.5, 0.6) is 5.75 Å². The van der Waals surface area contributed by atoms with E-state index in [1.165, 1.54) is 0 Å². The molecule has 146 valence electrons. The van der Waals surface area contributed by atoms with E-state index in [-0.39, 0.29) is 6.42 Å². The largest absolute Gasteiger partial charge is 0.493 e. The molecule has 1 heterocycles. The van der Waals surface area contributed by atoms with Gasteiger partial charge in [-0.1, -0.05) is 32.6 Å². The van der Waals surface area contributed by atoms with E-state index in [0.29, 0.717) is 25.5 Å². The summed E-state index contributed by atoms with van der Waals surface area (Å²) in [6, 6.07) is 7.78. The highest BCUT2D eigenvalue weighted by molar-refractivity contribution is 5.43. The minimum atomic E-state index is -1.31. The number of hydrogen-bond donors (Lipinski definition) is 2. The van der Waals surface area contributed by atoms with Crippen LogP contribution in [0.1, 0.15) is 55.6 Å². The van der Waals surface area contributed by atoms with Gasteiger partial charge >= 0.3 is 0 Å². The zero-order chi connectivity index (χ0) is 19.8. The average molecular weight is 370 g/mol. The Morgan fingerprint density at radius 3 is 2.59 bits per heavy atom. The minimum absolute atomic E-state index is 0.271. The normalized spacial score (nSPS) is 11.2. The third-order valence-corrected chi connectivity index (χ3v) is 4.87. The predicted molar refractivity (Wildman–Crippen MR) is 107 cm³/mol. The molecule has 0 radical (unpaired) electrons. The first-order chi connectivity index (χ1) is 13.0. The highest BCUT2D eigenvalue weighted by atomic mass is 16.5. The summed E-state index contributed by atoms with van der Waals surface area (Å²) in [6.45, 7) is 7.59. The lowest BCUT2D eigenvalue weighted by molar-refractivity contribution is -0.0448. The molecular formula is C22H30N2O3. The van der Waals surface area contributed by atoms with Crippen molar-refractivity contribution in [3.05, 3.63) is 46.8 Å². The topological polar surface area (TPSA) is 67.5 Å². The van der Waals surface area contributed by atoms with E-state index < -0.39 is 6.29 Å². The lowest BCUT2D eigenvalue weighted by Crippen LogP contribution is -2.13. The highest BCUT2D eigenvalue weighted by Gasteiger charge is 2.12. The standard InChI is InChI=1S/C22H30N2O3/c1-5-17(6-2)15-27-21-10-8-18(7-3)13-19(21)14-24-16(4)12-20(23-24)9-11-22(25)26/h3,8,10,12-13,17,22,25-26H,5-6,9,11,14-15H2,1-2,4H3. The van der Waals surface area contributed by atoms with Gasteiger partial charge in [-0.15, -0.1) is 6.42 Å². The maximum absolute atomic E-state index is 9.05. The van der Waals surface area contributed by atoms with Gasteiger partial charge in [0, 0.05) is 23.2 Å². The molecule has 1 aromatic heterocycles. The number of rotatable bonds is 10. The van der Waals surface area contributed by atoms with Crippen molar-refractivity contribution >= 4 is 0 Å². The van der Waals surface area contributed by atoms with Crippen LogP contribution in [0.3, 0.4) is 0 Å². The number of aromatic nitrogens is 2. The SMILES string of the molecule is C#Cc1ccc(OCC(CC)CC)c(Cn2nc(CCC(O)O)cc2C)c1. The third kappa shape index (κ3) is 6.13. The smallest absolute Gasteiger partial charge is 0.151 e. The fourth-order valence-electron chi connectivity index (χ4n) is 2.96. The van der Waals surface area contributed by atoms with Crippen LogP contribution in [0, 0.1) is 25.2 Å². The summed E-state index contributed by atoms with van der Waals surface area (Å²) in [7, 11) is 0. The number of hydrogen-bond acceptors (Lipinski definition) is 4. The third-order valence-electron chi connectivity index (χ3n) is 4.87. The maximum Gasteiger partial charge on any atom is 0.151 e. The molecule has 0 bridgehead atoms. The second-order valence-corrected chi connectivity index (χ2v) is 6.91. The number of benzene rings is 1. The summed E-state index contributed by atoms with van der Waals surface area (Å²) in [5.74, 6) is 4.05. The molecule has 0 spiro atoms. The molecule has 0 fully saturated rings. The van der Waals surface area contributed by atoms with Crippen molar-refractivity contribution in [3.63, 3.8) is 0 Å². The molecule has 5 heteroatoms. The van der Waals surface area contributed by atoms with Crippen LogP contribution in [0.25, 0.3) is 0 Å². The van der Waals surface area contributed by atoms with E-state index >= 15 is 0 Å². The molecule has 0 saturated heterocycles. The molecule has 0 unspecified atom stereocenters. The number of aliphatic hydroxyl groups is 2. The summed E-state index contributed by atoms with van der Waals surface area (Å²) < 4.78 is 8.00. The lowest BCUT2D eigenvalue weighted by atomic mass is 10.1. The molecule has 27 heavy (non-hydrogen) atoms.